The van der Waals surface area contributed by atoms with Gasteiger partial charge >= 0.3 is 0 Å². The number of carbonyl (C=O) groups is 1. The first-order chi connectivity index (χ1) is 17.2. The highest BCUT2D eigenvalue weighted by atomic mass is 16.5. The molecule has 1 saturated heterocycles. The van der Waals surface area contributed by atoms with Gasteiger partial charge in [0.2, 0.25) is 5.88 Å². The number of para-hydroxylation sites is 1. The van der Waals surface area contributed by atoms with Crippen molar-refractivity contribution in [2.45, 2.75) is 32.1 Å². The molecule has 1 aliphatic carbocycles. The Morgan fingerprint density at radius 3 is 2.63 bits per heavy atom. The van der Waals surface area contributed by atoms with Crippen LogP contribution in [0.25, 0.3) is 22.2 Å². The van der Waals surface area contributed by atoms with Gasteiger partial charge in [-0.2, -0.15) is 0 Å². The number of hydrogen-bond acceptors (Lipinski definition) is 6. The van der Waals surface area contributed by atoms with Crippen molar-refractivity contribution in [3.63, 3.8) is 0 Å². The molecule has 1 saturated carbocycles. The van der Waals surface area contributed by atoms with E-state index in [0.717, 1.165) is 74.0 Å². The zero-order valence-electron chi connectivity index (χ0n) is 20.1. The van der Waals surface area contributed by atoms with Crippen LogP contribution in [-0.4, -0.2) is 48.8 Å². The summed E-state index contributed by atoms with van der Waals surface area (Å²) in [5.41, 5.74) is 8.82. The number of ether oxygens (including phenoxy) is 2. The number of fused-ring (bicyclic) bond motifs is 1. The molecule has 1 unspecified atom stereocenters. The van der Waals surface area contributed by atoms with Gasteiger partial charge in [-0.1, -0.05) is 18.2 Å². The molecule has 0 bridgehead atoms. The van der Waals surface area contributed by atoms with Gasteiger partial charge in [-0.25, -0.2) is 9.97 Å². The predicted molar refractivity (Wildman–Crippen MR) is 136 cm³/mol. The fourth-order valence-corrected chi connectivity index (χ4v) is 5.05. The Hall–Kier alpha value is -3.03. The number of nitrogens with zero attached hydrogens (tertiary/aromatic N) is 2. The van der Waals surface area contributed by atoms with Crippen LogP contribution < -0.4 is 15.8 Å². The first kappa shape index (κ1) is 23.7. The lowest BCUT2D eigenvalue weighted by Crippen LogP contribution is -2.32. The van der Waals surface area contributed by atoms with E-state index in [9.17, 15) is 4.79 Å². The molecule has 0 radical (unpaired) electrons. The van der Waals surface area contributed by atoms with Crippen LogP contribution in [0, 0.1) is 17.8 Å². The number of nitrogens with one attached hydrogen (secondary N) is 1. The third-order valence-electron chi connectivity index (χ3n) is 7.33. The molecule has 2 fully saturated rings. The van der Waals surface area contributed by atoms with Crippen LogP contribution in [0.2, 0.25) is 0 Å². The van der Waals surface area contributed by atoms with E-state index in [2.05, 4.69) is 10.3 Å². The van der Waals surface area contributed by atoms with Gasteiger partial charge in [0.05, 0.1) is 30.0 Å². The summed E-state index contributed by atoms with van der Waals surface area (Å²) in [7, 11) is 0. The zero-order valence-corrected chi connectivity index (χ0v) is 20.1. The van der Waals surface area contributed by atoms with Gasteiger partial charge in [-0.05, 0) is 68.7 Å². The second-order valence-corrected chi connectivity index (χ2v) is 9.83. The summed E-state index contributed by atoms with van der Waals surface area (Å²) in [6, 6.07) is 13.5. The van der Waals surface area contributed by atoms with Gasteiger partial charge in [0.15, 0.2) is 0 Å². The second kappa shape index (κ2) is 11.1. The summed E-state index contributed by atoms with van der Waals surface area (Å²) >= 11 is 0. The second-order valence-electron chi connectivity index (χ2n) is 9.83. The fourth-order valence-electron chi connectivity index (χ4n) is 5.05. The minimum atomic E-state index is -0.0579. The van der Waals surface area contributed by atoms with E-state index in [1.54, 1.807) is 6.20 Å². The SMILES string of the molecule is NCC1CCC(CNC(=O)c2cc(-c3ccc(OCC4CCOC4)nc3)nc3ccccc23)CC1. The summed E-state index contributed by atoms with van der Waals surface area (Å²) in [6.45, 7) is 3.63. The average molecular weight is 475 g/mol. The number of carbonyl (C=O) groups excluding carboxylic acids is 1. The van der Waals surface area contributed by atoms with Crippen LogP contribution >= 0.6 is 0 Å². The summed E-state index contributed by atoms with van der Waals surface area (Å²) in [4.78, 5) is 22.5. The van der Waals surface area contributed by atoms with Gasteiger partial charge in [0, 0.05) is 42.3 Å². The van der Waals surface area contributed by atoms with Crippen molar-refractivity contribution in [1.29, 1.82) is 0 Å². The summed E-state index contributed by atoms with van der Waals surface area (Å²) < 4.78 is 11.2. The number of nitrogens with two attached hydrogens (primary N) is 1. The standard InChI is InChI=1S/C28H34N4O3/c29-14-19-5-7-20(8-6-19)15-31-28(33)24-13-26(32-25-4-2-1-3-23(24)25)22-9-10-27(30-16-22)35-18-21-11-12-34-17-21/h1-4,9-10,13,16,19-21H,5-8,11-12,14-15,17-18,29H2,(H,31,33). The smallest absolute Gasteiger partial charge is 0.252 e. The third kappa shape index (κ3) is 5.80. The Morgan fingerprint density at radius 1 is 1.06 bits per heavy atom. The number of hydrogen-bond donors (Lipinski definition) is 2. The Kier molecular flexibility index (Phi) is 7.54. The van der Waals surface area contributed by atoms with Crippen LogP contribution in [0.15, 0.2) is 48.7 Å². The Labute approximate surface area is 206 Å². The lowest BCUT2D eigenvalue weighted by molar-refractivity contribution is 0.0943. The van der Waals surface area contributed by atoms with Crippen molar-refractivity contribution in [3.8, 4) is 17.1 Å². The lowest BCUT2D eigenvalue weighted by Gasteiger charge is -2.27. The van der Waals surface area contributed by atoms with Crippen molar-refractivity contribution in [3.05, 3.63) is 54.2 Å². The molecule has 7 nitrogen and oxygen atoms in total. The van der Waals surface area contributed by atoms with Gasteiger partial charge in [0.1, 0.15) is 0 Å². The molecular weight excluding hydrogens is 440 g/mol. The number of rotatable bonds is 8. The van der Waals surface area contributed by atoms with Gasteiger partial charge < -0.3 is 20.5 Å². The largest absolute Gasteiger partial charge is 0.477 e. The Morgan fingerprint density at radius 2 is 1.89 bits per heavy atom. The molecule has 1 aliphatic heterocycles. The van der Waals surface area contributed by atoms with Crippen LogP contribution in [0.4, 0.5) is 0 Å². The molecule has 3 aromatic rings. The first-order valence-corrected chi connectivity index (χ1v) is 12.7. The minimum absolute atomic E-state index is 0.0579. The molecule has 35 heavy (non-hydrogen) atoms. The molecule has 0 spiro atoms. The Bertz CT molecular complexity index is 1140. The maximum Gasteiger partial charge on any atom is 0.252 e. The molecule has 7 heteroatoms. The van der Waals surface area contributed by atoms with E-state index >= 15 is 0 Å². The number of pyridine rings is 2. The van der Waals surface area contributed by atoms with Crippen molar-refractivity contribution in [2.75, 3.05) is 32.9 Å². The first-order valence-electron chi connectivity index (χ1n) is 12.7. The normalized spacial score (nSPS) is 22.3. The number of amides is 1. The molecule has 1 atom stereocenters. The third-order valence-corrected chi connectivity index (χ3v) is 7.33. The topological polar surface area (TPSA) is 99.4 Å². The van der Waals surface area contributed by atoms with E-state index in [1.807, 2.05) is 42.5 Å². The van der Waals surface area contributed by atoms with E-state index < -0.39 is 0 Å². The fraction of sp³-hybridized carbons (Fsp3) is 0.464. The maximum absolute atomic E-state index is 13.3. The summed E-state index contributed by atoms with van der Waals surface area (Å²) in [5.74, 6) is 2.11. The van der Waals surface area contributed by atoms with Crippen molar-refractivity contribution < 1.29 is 14.3 Å². The van der Waals surface area contributed by atoms with Crippen molar-refractivity contribution in [1.82, 2.24) is 15.3 Å². The maximum atomic E-state index is 13.3. The molecule has 2 aliphatic rings. The lowest BCUT2D eigenvalue weighted by atomic mass is 9.82. The van der Waals surface area contributed by atoms with E-state index in [1.165, 1.54) is 0 Å². The minimum Gasteiger partial charge on any atom is -0.477 e. The van der Waals surface area contributed by atoms with E-state index in [0.29, 0.717) is 42.3 Å². The highest BCUT2D eigenvalue weighted by molar-refractivity contribution is 6.07. The molecule has 3 heterocycles. The van der Waals surface area contributed by atoms with Crippen molar-refractivity contribution >= 4 is 16.8 Å². The zero-order chi connectivity index (χ0) is 24.0. The van der Waals surface area contributed by atoms with Crippen LogP contribution in [0.5, 0.6) is 5.88 Å². The molecular formula is C28H34N4O3. The number of aromatic nitrogens is 2. The monoisotopic (exact) mass is 474 g/mol. The summed E-state index contributed by atoms with van der Waals surface area (Å²) in [5, 5.41) is 4.04. The average Bonchev–Trinajstić information content (AvgIpc) is 3.44. The highest BCUT2D eigenvalue weighted by Crippen LogP contribution is 2.29. The highest BCUT2D eigenvalue weighted by Gasteiger charge is 2.22. The van der Waals surface area contributed by atoms with Crippen LogP contribution in [-0.2, 0) is 4.74 Å². The van der Waals surface area contributed by atoms with Gasteiger partial charge in [-0.15, -0.1) is 0 Å². The summed E-state index contributed by atoms with van der Waals surface area (Å²) in [6.07, 6.45) is 7.34. The van der Waals surface area contributed by atoms with Gasteiger partial charge in [-0.3, -0.25) is 4.79 Å². The van der Waals surface area contributed by atoms with Crippen LogP contribution in [0.1, 0.15) is 42.5 Å². The quantitative estimate of drug-likeness (QED) is 0.507. The molecule has 2 aromatic heterocycles. The predicted octanol–water partition coefficient (Wildman–Crippen LogP) is 4.21. The Balaban J connectivity index is 1.30. The molecule has 1 aromatic carbocycles. The molecule has 3 N–H and O–H groups in total. The van der Waals surface area contributed by atoms with Crippen LogP contribution in [0.3, 0.4) is 0 Å². The van der Waals surface area contributed by atoms with E-state index in [4.69, 9.17) is 20.2 Å². The molecule has 5 rings (SSSR count). The van der Waals surface area contributed by atoms with Crippen molar-refractivity contribution in [2.24, 2.45) is 23.5 Å². The number of benzene rings is 1. The van der Waals surface area contributed by atoms with E-state index in [-0.39, 0.29) is 5.91 Å². The van der Waals surface area contributed by atoms with Gasteiger partial charge in [0.25, 0.3) is 5.91 Å². The molecule has 1 amide bonds. The molecule has 184 valence electrons.